The molecular formula is C18H22ClF3N2O2S. The van der Waals surface area contributed by atoms with Crippen molar-refractivity contribution in [3.8, 4) is 0 Å². The number of halogens is 4. The van der Waals surface area contributed by atoms with Crippen molar-refractivity contribution in [3.63, 3.8) is 0 Å². The van der Waals surface area contributed by atoms with Gasteiger partial charge in [0.15, 0.2) is 0 Å². The van der Waals surface area contributed by atoms with E-state index in [1.807, 2.05) is 0 Å². The Morgan fingerprint density at radius 3 is 2.00 bits per heavy atom. The third-order valence-corrected chi connectivity index (χ3v) is 5.71. The summed E-state index contributed by atoms with van der Waals surface area (Å²) in [5.41, 5.74) is -0.442. The third kappa shape index (κ3) is 6.21. The van der Waals surface area contributed by atoms with Crippen LogP contribution in [0.2, 0.25) is 0 Å². The molecular weight excluding hydrogens is 401 g/mol. The van der Waals surface area contributed by atoms with Crippen LogP contribution in [0.5, 0.6) is 0 Å². The minimum atomic E-state index is -4.75. The van der Waals surface area contributed by atoms with Crippen LogP contribution < -0.4 is 0 Å². The first-order chi connectivity index (χ1) is 12.1. The average Bonchev–Trinajstić information content (AvgIpc) is 2.58. The van der Waals surface area contributed by atoms with Crippen molar-refractivity contribution in [2.45, 2.75) is 17.6 Å². The van der Waals surface area contributed by atoms with Gasteiger partial charge in [-0.15, -0.1) is 12.4 Å². The van der Waals surface area contributed by atoms with Gasteiger partial charge in [0.1, 0.15) is 0 Å². The van der Waals surface area contributed by atoms with E-state index in [1.165, 1.54) is 12.1 Å². The predicted molar refractivity (Wildman–Crippen MR) is 101 cm³/mol. The molecule has 4 nitrogen and oxygen atoms in total. The van der Waals surface area contributed by atoms with Gasteiger partial charge in [-0.1, -0.05) is 42.5 Å². The van der Waals surface area contributed by atoms with E-state index in [2.05, 4.69) is 0 Å². The fourth-order valence-corrected chi connectivity index (χ4v) is 4.08. The Bertz CT molecular complexity index is 828. The van der Waals surface area contributed by atoms with Gasteiger partial charge in [0.25, 0.3) is 0 Å². The fraction of sp³-hybridized carbons (Fsp3) is 0.333. The minimum Gasteiger partial charge on any atom is -0.308 e. The van der Waals surface area contributed by atoms with Gasteiger partial charge in [-0.25, -0.2) is 8.42 Å². The lowest BCUT2D eigenvalue weighted by molar-refractivity contribution is -0.139. The maximum Gasteiger partial charge on any atom is 0.417 e. The molecule has 0 radical (unpaired) electrons. The summed E-state index contributed by atoms with van der Waals surface area (Å²) in [6.45, 7) is 0.472. The highest BCUT2D eigenvalue weighted by Crippen LogP contribution is 2.35. The lowest BCUT2D eigenvalue weighted by Gasteiger charge is -2.25. The first-order valence-electron chi connectivity index (χ1n) is 7.97. The van der Waals surface area contributed by atoms with Gasteiger partial charge in [-0.3, -0.25) is 0 Å². The molecule has 9 heteroatoms. The van der Waals surface area contributed by atoms with Gasteiger partial charge in [-0.2, -0.15) is 17.5 Å². The summed E-state index contributed by atoms with van der Waals surface area (Å²) in [6, 6.07) is 13.1. The van der Waals surface area contributed by atoms with E-state index in [-0.39, 0.29) is 25.5 Å². The van der Waals surface area contributed by atoms with E-state index >= 15 is 0 Å². The topological polar surface area (TPSA) is 40.6 Å². The molecule has 0 saturated heterocycles. The van der Waals surface area contributed by atoms with E-state index in [0.29, 0.717) is 12.1 Å². The van der Waals surface area contributed by atoms with Crippen LogP contribution in [0.15, 0.2) is 59.5 Å². The van der Waals surface area contributed by atoms with Crippen molar-refractivity contribution >= 4 is 22.4 Å². The number of benzene rings is 2. The number of hydrogen-bond acceptors (Lipinski definition) is 3. The Kier molecular flexibility index (Phi) is 8.28. The molecule has 0 N–H and O–H groups in total. The predicted octanol–water partition coefficient (Wildman–Crippen LogP) is 3.88. The van der Waals surface area contributed by atoms with E-state index < -0.39 is 26.7 Å². The zero-order valence-corrected chi connectivity index (χ0v) is 16.6. The second-order valence-electron chi connectivity index (χ2n) is 6.12. The highest BCUT2D eigenvalue weighted by Gasteiger charge is 2.38. The largest absolute Gasteiger partial charge is 0.417 e. The van der Waals surface area contributed by atoms with Gasteiger partial charge in [0.05, 0.1) is 10.5 Å². The molecule has 0 aliphatic carbocycles. The molecule has 0 fully saturated rings. The lowest BCUT2D eigenvalue weighted by atomic mass is 10.2. The smallest absolute Gasteiger partial charge is 0.308 e. The minimum absolute atomic E-state index is 0. The molecule has 0 atom stereocenters. The molecule has 150 valence electrons. The van der Waals surface area contributed by atoms with Crippen molar-refractivity contribution in [3.05, 3.63) is 65.7 Å². The first kappa shape index (κ1) is 23.4. The Labute approximate surface area is 164 Å². The second kappa shape index (κ2) is 9.54. The Morgan fingerprint density at radius 2 is 1.44 bits per heavy atom. The maximum atomic E-state index is 13.3. The maximum absolute atomic E-state index is 13.3. The second-order valence-corrected chi connectivity index (χ2v) is 8.03. The van der Waals surface area contributed by atoms with Crippen LogP contribution in [0.3, 0.4) is 0 Å². The van der Waals surface area contributed by atoms with Crippen LogP contribution in [0.1, 0.15) is 11.1 Å². The molecule has 0 aromatic heterocycles. The van der Waals surface area contributed by atoms with Crippen LogP contribution in [0, 0.1) is 0 Å². The molecule has 2 aromatic carbocycles. The van der Waals surface area contributed by atoms with Crippen molar-refractivity contribution in [1.29, 1.82) is 0 Å². The summed E-state index contributed by atoms with van der Waals surface area (Å²) in [5.74, 6) is 0. The molecule has 0 aliphatic heterocycles. The van der Waals surface area contributed by atoms with Crippen LogP contribution in [-0.2, 0) is 22.7 Å². The van der Waals surface area contributed by atoms with Crippen molar-refractivity contribution < 1.29 is 21.6 Å². The van der Waals surface area contributed by atoms with Crippen LogP contribution in [0.25, 0.3) is 0 Å². The standard InChI is InChI=1S/C18H21F3N2O2S.ClH/c1-22(2)12-13-23(14-15-8-4-3-5-9-15)26(24,25)17-11-7-6-10-16(17)18(19,20)21;/h3-11H,12-14H2,1-2H3;1H. The molecule has 27 heavy (non-hydrogen) atoms. The van der Waals surface area contributed by atoms with Crippen LogP contribution in [-0.4, -0.2) is 44.8 Å². The normalized spacial score (nSPS) is 12.3. The van der Waals surface area contributed by atoms with E-state index in [0.717, 1.165) is 16.4 Å². The number of hydrogen-bond donors (Lipinski definition) is 0. The zero-order chi connectivity index (χ0) is 19.4. The van der Waals surface area contributed by atoms with Gasteiger partial charge in [-0.05, 0) is 31.8 Å². The number of rotatable bonds is 7. The molecule has 0 saturated carbocycles. The van der Waals surface area contributed by atoms with Crippen molar-refractivity contribution in [1.82, 2.24) is 9.21 Å². The van der Waals surface area contributed by atoms with Gasteiger partial charge >= 0.3 is 6.18 Å². The molecule has 2 aromatic rings. The zero-order valence-electron chi connectivity index (χ0n) is 15.0. The SMILES string of the molecule is CN(C)CCN(Cc1ccccc1)S(=O)(=O)c1ccccc1C(F)(F)F.Cl. The summed E-state index contributed by atoms with van der Waals surface area (Å²) < 4.78 is 67.0. The molecule has 0 amide bonds. The molecule has 2 rings (SSSR count). The third-order valence-electron chi connectivity index (χ3n) is 3.81. The average molecular weight is 423 g/mol. The van der Waals surface area contributed by atoms with Gasteiger partial charge in [0.2, 0.25) is 10.0 Å². The molecule has 0 aliphatic rings. The van der Waals surface area contributed by atoms with Gasteiger partial charge in [0, 0.05) is 19.6 Å². The Morgan fingerprint density at radius 1 is 0.889 bits per heavy atom. The summed E-state index contributed by atoms with van der Waals surface area (Å²) >= 11 is 0. The van der Waals surface area contributed by atoms with Crippen molar-refractivity contribution in [2.75, 3.05) is 27.2 Å². The van der Waals surface area contributed by atoms with Crippen molar-refractivity contribution in [2.24, 2.45) is 0 Å². The Balaban J connectivity index is 0.00000364. The first-order valence-corrected chi connectivity index (χ1v) is 9.41. The number of sulfonamides is 1. The monoisotopic (exact) mass is 422 g/mol. The van der Waals surface area contributed by atoms with E-state index in [4.69, 9.17) is 0 Å². The van der Waals surface area contributed by atoms with E-state index in [9.17, 15) is 21.6 Å². The summed E-state index contributed by atoms with van der Waals surface area (Å²) in [7, 11) is -0.773. The number of alkyl halides is 3. The molecule has 0 bridgehead atoms. The molecule has 0 unspecified atom stereocenters. The quantitative estimate of drug-likeness (QED) is 0.680. The number of likely N-dealkylation sites (N-methyl/N-ethyl adjacent to an activating group) is 1. The molecule has 0 spiro atoms. The highest BCUT2D eigenvalue weighted by molar-refractivity contribution is 7.89. The summed E-state index contributed by atoms with van der Waals surface area (Å²) in [5, 5.41) is 0. The number of nitrogens with zero attached hydrogens (tertiary/aromatic N) is 2. The summed E-state index contributed by atoms with van der Waals surface area (Å²) in [6.07, 6.45) is -4.75. The van der Waals surface area contributed by atoms with Crippen LogP contribution in [0.4, 0.5) is 13.2 Å². The highest BCUT2D eigenvalue weighted by atomic mass is 35.5. The fourth-order valence-electron chi connectivity index (χ4n) is 2.45. The Hall–Kier alpha value is -1.61. The van der Waals surface area contributed by atoms with Crippen LogP contribution >= 0.6 is 12.4 Å². The molecule has 0 heterocycles. The van der Waals surface area contributed by atoms with E-state index in [1.54, 1.807) is 49.3 Å². The summed E-state index contributed by atoms with van der Waals surface area (Å²) in [4.78, 5) is 1.06. The van der Waals surface area contributed by atoms with Gasteiger partial charge < -0.3 is 4.90 Å². The lowest BCUT2D eigenvalue weighted by Crippen LogP contribution is -2.37.